The van der Waals surface area contributed by atoms with Crippen molar-refractivity contribution in [3.8, 4) is 0 Å². The predicted molar refractivity (Wildman–Crippen MR) is 70.2 cm³/mol. The fourth-order valence-corrected chi connectivity index (χ4v) is 2.58. The first-order chi connectivity index (χ1) is 8.31. The van der Waals surface area contributed by atoms with Crippen LogP contribution >= 0.6 is 11.3 Å². The highest BCUT2D eigenvalue weighted by molar-refractivity contribution is 7.07. The minimum atomic E-state index is 0.759. The highest BCUT2D eigenvalue weighted by Gasteiger charge is 2.20. The molecule has 0 aliphatic heterocycles. The van der Waals surface area contributed by atoms with Gasteiger partial charge >= 0.3 is 0 Å². The van der Waals surface area contributed by atoms with Gasteiger partial charge in [0.1, 0.15) is 0 Å². The molecule has 2 aromatic rings. The molecule has 90 valence electrons. The number of aryl methyl sites for hydroxylation is 1. The maximum atomic E-state index is 4.57. The first-order valence-electron chi connectivity index (χ1n) is 6.08. The van der Waals surface area contributed by atoms with Crippen LogP contribution in [0.3, 0.4) is 0 Å². The SMILES string of the molecule is Cc1nn(Cc2ccsc2)cc1CNC1CC1. The van der Waals surface area contributed by atoms with Gasteiger partial charge < -0.3 is 5.32 Å². The average molecular weight is 247 g/mol. The summed E-state index contributed by atoms with van der Waals surface area (Å²) in [5, 5.41) is 12.4. The summed E-state index contributed by atoms with van der Waals surface area (Å²) in [6.45, 7) is 3.93. The van der Waals surface area contributed by atoms with Crippen LogP contribution in [-0.4, -0.2) is 15.8 Å². The molecule has 4 heteroatoms. The number of hydrogen-bond donors (Lipinski definition) is 1. The number of hydrogen-bond acceptors (Lipinski definition) is 3. The summed E-state index contributed by atoms with van der Waals surface area (Å²) in [7, 11) is 0. The van der Waals surface area contributed by atoms with Crippen molar-refractivity contribution in [1.29, 1.82) is 0 Å². The lowest BCUT2D eigenvalue weighted by Gasteiger charge is -1.99. The molecule has 0 atom stereocenters. The number of thiophene rings is 1. The molecule has 1 saturated carbocycles. The van der Waals surface area contributed by atoms with Crippen molar-refractivity contribution in [3.63, 3.8) is 0 Å². The summed E-state index contributed by atoms with van der Waals surface area (Å²) in [5.74, 6) is 0. The van der Waals surface area contributed by atoms with Crippen molar-refractivity contribution < 1.29 is 0 Å². The normalized spacial score (nSPS) is 15.4. The van der Waals surface area contributed by atoms with Crippen LogP contribution in [-0.2, 0) is 13.1 Å². The first kappa shape index (κ1) is 11.0. The zero-order valence-corrected chi connectivity index (χ0v) is 10.8. The van der Waals surface area contributed by atoms with E-state index in [1.807, 2.05) is 4.68 Å². The van der Waals surface area contributed by atoms with Gasteiger partial charge in [0.05, 0.1) is 12.2 Å². The van der Waals surface area contributed by atoms with Gasteiger partial charge in [-0.05, 0) is 42.2 Å². The molecule has 0 bridgehead atoms. The summed E-state index contributed by atoms with van der Waals surface area (Å²) in [5.41, 5.74) is 3.81. The van der Waals surface area contributed by atoms with Gasteiger partial charge in [0.25, 0.3) is 0 Å². The average Bonchev–Trinajstić information content (AvgIpc) is 2.88. The monoisotopic (exact) mass is 247 g/mol. The Kier molecular flexibility index (Phi) is 2.99. The molecule has 0 spiro atoms. The lowest BCUT2D eigenvalue weighted by Crippen LogP contribution is -2.15. The molecule has 0 aromatic carbocycles. The van der Waals surface area contributed by atoms with Crippen LogP contribution in [0, 0.1) is 6.92 Å². The molecule has 2 heterocycles. The standard InChI is InChI=1S/C13H17N3S/c1-10-12(6-14-13-2-3-13)8-16(15-10)7-11-4-5-17-9-11/h4-5,8-9,13-14H,2-3,6-7H2,1H3. The van der Waals surface area contributed by atoms with Gasteiger partial charge in [0.2, 0.25) is 0 Å². The second-order valence-electron chi connectivity index (χ2n) is 4.72. The van der Waals surface area contributed by atoms with Crippen molar-refractivity contribution in [2.75, 3.05) is 0 Å². The second-order valence-corrected chi connectivity index (χ2v) is 5.50. The Hall–Kier alpha value is -1.13. The molecule has 2 aromatic heterocycles. The Bertz CT molecular complexity index is 483. The van der Waals surface area contributed by atoms with Crippen molar-refractivity contribution >= 4 is 11.3 Å². The quantitative estimate of drug-likeness (QED) is 0.880. The predicted octanol–water partition coefficient (Wildman–Crippen LogP) is 2.55. The smallest absolute Gasteiger partial charge is 0.0667 e. The zero-order chi connectivity index (χ0) is 11.7. The van der Waals surface area contributed by atoms with E-state index in [0.717, 1.165) is 24.8 Å². The number of nitrogens with zero attached hydrogens (tertiary/aromatic N) is 2. The van der Waals surface area contributed by atoms with E-state index in [1.54, 1.807) is 11.3 Å². The van der Waals surface area contributed by atoms with E-state index >= 15 is 0 Å². The fraction of sp³-hybridized carbons (Fsp3) is 0.462. The third-order valence-corrected chi connectivity index (χ3v) is 3.86. The molecule has 0 radical (unpaired) electrons. The van der Waals surface area contributed by atoms with Crippen LogP contribution in [0.2, 0.25) is 0 Å². The third-order valence-electron chi connectivity index (χ3n) is 3.13. The van der Waals surface area contributed by atoms with Gasteiger partial charge in [-0.1, -0.05) is 0 Å². The molecule has 3 rings (SSSR count). The molecule has 3 nitrogen and oxygen atoms in total. The maximum absolute atomic E-state index is 4.57. The summed E-state index contributed by atoms with van der Waals surface area (Å²) >= 11 is 1.74. The number of nitrogens with one attached hydrogen (secondary N) is 1. The molecule has 1 aliphatic rings. The van der Waals surface area contributed by atoms with Crippen LogP contribution in [0.25, 0.3) is 0 Å². The third kappa shape index (κ3) is 2.76. The highest BCUT2D eigenvalue weighted by atomic mass is 32.1. The molecular formula is C13H17N3S. The Balaban J connectivity index is 1.66. The van der Waals surface area contributed by atoms with Crippen LogP contribution in [0.5, 0.6) is 0 Å². The molecule has 0 unspecified atom stereocenters. The Morgan fingerprint density at radius 1 is 1.53 bits per heavy atom. The Morgan fingerprint density at radius 2 is 2.41 bits per heavy atom. The van der Waals surface area contributed by atoms with Gasteiger partial charge in [-0.3, -0.25) is 4.68 Å². The van der Waals surface area contributed by atoms with Crippen molar-refractivity contribution in [3.05, 3.63) is 39.8 Å². The van der Waals surface area contributed by atoms with E-state index in [2.05, 4.69) is 40.4 Å². The second kappa shape index (κ2) is 4.63. The largest absolute Gasteiger partial charge is 0.310 e. The molecular weight excluding hydrogens is 230 g/mol. The van der Waals surface area contributed by atoms with Gasteiger partial charge in [-0.15, -0.1) is 0 Å². The van der Waals surface area contributed by atoms with Gasteiger partial charge in [-0.2, -0.15) is 16.4 Å². The van der Waals surface area contributed by atoms with Crippen LogP contribution in [0.15, 0.2) is 23.0 Å². The minimum absolute atomic E-state index is 0.759. The molecule has 0 amide bonds. The highest BCUT2D eigenvalue weighted by Crippen LogP contribution is 2.19. The lowest BCUT2D eigenvalue weighted by atomic mass is 10.2. The fourth-order valence-electron chi connectivity index (χ4n) is 1.93. The molecule has 17 heavy (non-hydrogen) atoms. The van der Waals surface area contributed by atoms with Gasteiger partial charge in [-0.25, -0.2) is 0 Å². The van der Waals surface area contributed by atoms with E-state index in [0.29, 0.717) is 0 Å². The Labute approximate surface area is 105 Å². The molecule has 0 saturated heterocycles. The Morgan fingerprint density at radius 3 is 3.12 bits per heavy atom. The molecule has 1 fully saturated rings. The molecule has 1 N–H and O–H groups in total. The summed E-state index contributed by atoms with van der Waals surface area (Å²) < 4.78 is 2.04. The van der Waals surface area contributed by atoms with Gasteiger partial charge in [0, 0.05) is 24.3 Å². The first-order valence-corrected chi connectivity index (χ1v) is 7.03. The van der Waals surface area contributed by atoms with Gasteiger partial charge in [0.15, 0.2) is 0 Å². The van der Waals surface area contributed by atoms with Crippen molar-refractivity contribution in [1.82, 2.24) is 15.1 Å². The van der Waals surface area contributed by atoms with E-state index in [9.17, 15) is 0 Å². The van der Waals surface area contributed by atoms with E-state index in [4.69, 9.17) is 0 Å². The van der Waals surface area contributed by atoms with Crippen molar-refractivity contribution in [2.24, 2.45) is 0 Å². The zero-order valence-electron chi connectivity index (χ0n) is 10.0. The molecule has 1 aliphatic carbocycles. The lowest BCUT2D eigenvalue weighted by molar-refractivity contribution is 0.675. The van der Waals surface area contributed by atoms with Crippen LogP contribution in [0.1, 0.15) is 29.7 Å². The van der Waals surface area contributed by atoms with Crippen molar-refractivity contribution in [2.45, 2.75) is 38.9 Å². The van der Waals surface area contributed by atoms with Crippen LogP contribution in [0.4, 0.5) is 0 Å². The summed E-state index contributed by atoms with van der Waals surface area (Å²) in [4.78, 5) is 0. The van der Waals surface area contributed by atoms with E-state index in [-0.39, 0.29) is 0 Å². The van der Waals surface area contributed by atoms with E-state index < -0.39 is 0 Å². The topological polar surface area (TPSA) is 29.9 Å². The summed E-state index contributed by atoms with van der Waals surface area (Å²) in [6.07, 6.45) is 4.84. The van der Waals surface area contributed by atoms with Crippen LogP contribution < -0.4 is 5.32 Å². The number of rotatable bonds is 5. The minimum Gasteiger partial charge on any atom is -0.310 e. The van der Waals surface area contributed by atoms with E-state index in [1.165, 1.54) is 24.0 Å². The number of aromatic nitrogens is 2. The summed E-state index contributed by atoms with van der Waals surface area (Å²) in [6, 6.07) is 2.92. The maximum Gasteiger partial charge on any atom is 0.0667 e.